The minimum Gasteiger partial charge on any atom is -0.385 e. The lowest BCUT2D eigenvalue weighted by molar-refractivity contribution is -0.116. The highest BCUT2D eigenvalue weighted by Crippen LogP contribution is 2.45. The second-order valence-electron chi connectivity index (χ2n) is 5.43. The van der Waals surface area contributed by atoms with Gasteiger partial charge in [-0.15, -0.1) is 0 Å². The quantitative estimate of drug-likeness (QED) is 0.835. The SMILES string of the molecule is Cc1c(C2(O)CC3CCC(C2)O3)ccc(F)c1F. The van der Waals surface area contributed by atoms with Crippen LogP contribution >= 0.6 is 0 Å². The van der Waals surface area contributed by atoms with Crippen molar-refractivity contribution in [1.29, 1.82) is 0 Å². The number of halogens is 2. The molecule has 0 radical (unpaired) electrons. The average molecular weight is 254 g/mol. The molecule has 0 spiro atoms. The van der Waals surface area contributed by atoms with Crippen LogP contribution in [0.5, 0.6) is 0 Å². The number of hydrogen-bond donors (Lipinski definition) is 1. The Morgan fingerprint density at radius 3 is 2.44 bits per heavy atom. The van der Waals surface area contributed by atoms with Crippen LogP contribution in [0.3, 0.4) is 0 Å². The molecule has 0 amide bonds. The van der Waals surface area contributed by atoms with E-state index in [9.17, 15) is 13.9 Å². The Balaban J connectivity index is 2.01. The van der Waals surface area contributed by atoms with E-state index >= 15 is 0 Å². The molecule has 4 heteroatoms. The van der Waals surface area contributed by atoms with E-state index in [1.807, 2.05) is 0 Å². The van der Waals surface area contributed by atoms with Crippen molar-refractivity contribution in [2.75, 3.05) is 0 Å². The molecule has 0 aromatic heterocycles. The van der Waals surface area contributed by atoms with Crippen LogP contribution in [-0.4, -0.2) is 17.3 Å². The van der Waals surface area contributed by atoms with Crippen molar-refractivity contribution in [2.45, 2.75) is 50.4 Å². The predicted molar refractivity (Wildman–Crippen MR) is 62.1 cm³/mol. The van der Waals surface area contributed by atoms with Gasteiger partial charge >= 0.3 is 0 Å². The largest absolute Gasteiger partial charge is 0.385 e. The normalized spacial score (nSPS) is 34.9. The summed E-state index contributed by atoms with van der Waals surface area (Å²) in [6.07, 6.45) is 2.90. The van der Waals surface area contributed by atoms with Crippen LogP contribution in [0.25, 0.3) is 0 Å². The lowest BCUT2D eigenvalue weighted by atomic mass is 9.81. The summed E-state index contributed by atoms with van der Waals surface area (Å²) >= 11 is 0. The average Bonchev–Trinajstić information content (AvgIpc) is 2.66. The molecule has 2 atom stereocenters. The van der Waals surface area contributed by atoms with Crippen molar-refractivity contribution in [3.05, 3.63) is 34.9 Å². The summed E-state index contributed by atoms with van der Waals surface area (Å²) in [5, 5.41) is 10.8. The van der Waals surface area contributed by atoms with E-state index in [1.165, 1.54) is 13.0 Å². The molecular weight excluding hydrogens is 238 g/mol. The van der Waals surface area contributed by atoms with Gasteiger partial charge in [0.2, 0.25) is 0 Å². The second kappa shape index (κ2) is 4.00. The standard InChI is InChI=1S/C14H16F2O2/c1-8-11(4-5-12(15)13(8)16)14(17)6-9-2-3-10(7-14)18-9/h4-5,9-10,17H,2-3,6-7H2,1H3. The number of benzene rings is 1. The minimum absolute atomic E-state index is 0.0428. The van der Waals surface area contributed by atoms with E-state index in [4.69, 9.17) is 4.74 Å². The minimum atomic E-state index is -1.08. The summed E-state index contributed by atoms with van der Waals surface area (Å²) in [5.74, 6) is -1.73. The summed E-state index contributed by atoms with van der Waals surface area (Å²) in [6.45, 7) is 1.52. The van der Waals surface area contributed by atoms with Crippen molar-refractivity contribution in [2.24, 2.45) is 0 Å². The molecule has 2 heterocycles. The molecule has 0 saturated carbocycles. The van der Waals surface area contributed by atoms with Crippen molar-refractivity contribution < 1.29 is 18.6 Å². The Morgan fingerprint density at radius 2 is 1.83 bits per heavy atom. The fraction of sp³-hybridized carbons (Fsp3) is 0.571. The number of fused-ring (bicyclic) bond motifs is 2. The topological polar surface area (TPSA) is 29.5 Å². The molecule has 1 N–H and O–H groups in total. The van der Waals surface area contributed by atoms with Gasteiger partial charge in [0.25, 0.3) is 0 Å². The second-order valence-corrected chi connectivity index (χ2v) is 5.43. The Kier molecular flexibility index (Phi) is 2.68. The third-order valence-electron chi connectivity index (χ3n) is 4.17. The molecule has 1 aromatic rings. The Morgan fingerprint density at radius 1 is 1.22 bits per heavy atom. The van der Waals surface area contributed by atoms with E-state index in [-0.39, 0.29) is 17.8 Å². The van der Waals surface area contributed by atoms with Gasteiger partial charge in [0, 0.05) is 12.8 Å². The summed E-state index contributed by atoms with van der Waals surface area (Å²) in [5.41, 5.74) is -0.372. The molecule has 2 bridgehead atoms. The lowest BCUT2D eigenvalue weighted by Crippen LogP contribution is -2.39. The third-order valence-corrected chi connectivity index (χ3v) is 4.17. The van der Waals surface area contributed by atoms with E-state index in [0.29, 0.717) is 18.4 Å². The van der Waals surface area contributed by atoms with Crippen LogP contribution in [0, 0.1) is 18.6 Å². The number of ether oxygens (including phenoxy) is 1. The van der Waals surface area contributed by atoms with Crippen LogP contribution in [-0.2, 0) is 10.3 Å². The maximum absolute atomic E-state index is 13.6. The van der Waals surface area contributed by atoms with Crippen LogP contribution in [0.4, 0.5) is 8.78 Å². The molecule has 1 aromatic carbocycles. The Labute approximate surface area is 105 Å². The van der Waals surface area contributed by atoms with Gasteiger partial charge in [0.05, 0.1) is 17.8 Å². The van der Waals surface area contributed by atoms with Gasteiger partial charge < -0.3 is 9.84 Å². The Hall–Kier alpha value is -1.00. The Bertz CT molecular complexity index is 475. The van der Waals surface area contributed by atoms with Crippen LogP contribution in [0.2, 0.25) is 0 Å². The zero-order chi connectivity index (χ0) is 12.9. The summed E-state index contributed by atoms with van der Waals surface area (Å²) in [7, 11) is 0. The molecule has 3 rings (SSSR count). The molecule has 2 nitrogen and oxygen atoms in total. The molecule has 2 fully saturated rings. The highest BCUT2D eigenvalue weighted by molar-refractivity contribution is 5.34. The zero-order valence-corrected chi connectivity index (χ0v) is 10.2. The fourth-order valence-electron chi connectivity index (χ4n) is 3.29. The summed E-state index contributed by atoms with van der Waals surface area (Å²) in [6, 6.07) is 2.59. The maximum atomic E-state index is 13.6. The molecule has 2 unspecified atom stereocenters. The van der Waals surface area contributed by atoms with Crippen LogP contribution in [0.15, 0.2) is 12.1 Å². The van der Waals surface area contributed by atoms with Gasteiger partial charge in [-0.25, -0.2) is 8.78 Å². The predicted octanol–water partition coefficient (Wildman–Crippen LogP) is 2.80. The number of rotatable bonds is 1. The first kappa shape index (κ1) is 12.1. The highest BCUT2D eigenvalue weighted by atomic mass is 19.2. The number of hydrogen-bond acceptors (Lipinski definition) is 2. The zero-order valence-electron chi connectivity index (χ0n) is 10.2. The van der Waals surface area contributed by atoms with Crippen molar-refractivity contribution >= 4 is 0 Å². The van der Waals surface area contributed by atoms with E-state index in [1.54, 1.807) is 0 Å². The van der Waals surface area contributed by atoms with E-state index in [2.05, 4.69) is 0 Å². The van der Waals surface area contributed by atoms with Crippen LogP contribution < -0.4 is 0 Å². The van der Waals surface area contributed by atoms with E-state index in [0.717, 1.165) is 18.9 Å². The van der Waals surface area contributed by atoms with Gasteiger partial charge in [-0.1, -0.05) is 6.07 Å². The fourth-order valence-corrected chi connectivity index (χ4v) is 3.29. The monoisotopic (exact) mass is 254 g/mol. The van der Waals surface area contributed by atoms with Crippen molar-refractivity contribution in [1.82, 2.24) is 0 Å². The maximum Gasteiger partial charge on any atom is 0.162 e. The van der Waals surface area contributed by atoms with Crippen molar-refractivity contribution in [3.8, 4) is 0 Å². The third kappa shape index (κ3) is 1.75. The van der Waals surface area contributed by atoms with E-state index < -0.39 is 17.2 Å². The van der Waals surface area contributed by atoms with Gasteiger partial charge in [0.15, 0.2) is 11.6 Å². The molecule has 2 saturated heterocycles. The number of aliphatic hydroxyl groups is 1. The first-order valence-electron chi connectivity index (χ1n) is 6.32. The molecular formula is C14H16F2O2. The van der Waals surface area contributed by atoms with Gasteiger partial charge in [-0.2, -0.15) is 0 Å². The summed E-state index contributed by atoms with van der Waals surface area (Å²) < 4.78 is 32.4. The molecule has 98 valence electrons. The van der Waals surface area contributed by atoms with Gasteiger partial charge in [0.1, 0.15) is 0 Å². The van der Waals surface area contributed by atoms with Gasteiger partial charge in [-0.05, 0) is 37.0 Å². The van der Waals surface area contributed by atoms with Crippen molar-refractivity contribution in [3.63, 3.8) is 0 Å². The first-order valence-corrected chi connectivity index (χ1v) is 6.32. The highest BCUT2D eigenvalue weighted by Gasteiger charge is 2.45. The molecule has 18 heavy (non-hydrogen) atoms. The van der Waals surface area contributed by atoms with Crippen LogP contribution in [0.1, 0.15) is 36.8 Å². The van der Waals surface area contributed by atoms with Gasteiger partial charge in [-0.3, -0.25) is 0 Å². The lowest BCUT2D eigenvalue weighted by Gasteiger charge is -2.37. The first-order chi connectivity index (χ1) is 8.49. The smallest absolute Gasteiger partial charge is 0.162 e. The summed E-state index contributed by atoms with van der Waals surface area (Å²) in [4.78, 5) is 0. The molecule has 2 aliphatic rings. The molecule has 0 aliphatic carbocycles. The molecule has 2 aliphatic heterocycles.